The highest BCUT2D eigenvalue weighted by Gasteiger charge is 2.62. The second kappa shape index (κ2) is 5.34. The predicted octanol–water partition coefficient (Wildman–Crippen LogP) is 3.69. The van der Waals surface area contributed by atoms with E-state index in [0.717, 1.165) is 44.7 Å². The Morgan fingerprint density at radius 2 is 1.96 bits per heavy atom. The maximum atomic E-state index is 13.1. The van der Waals surface area contributed by atoms with Crippen LogP contribution in [0.15, 0.2) is 12.4 Å². The number of carbonyl (C=O) groups is 1. The van der Waals surface area contributed by atoms with Crippen LogP contribution in [-0.4, -0.2) is 22.2 Å². The fraction of sp³-hybridized carbons (Fsp3) is 0.800. The van der Waals surface area contributed by atoms with E-state index in [0.29, 0.717) is 16.7 Å². The van der Waals surface area contributed by atoms with Crippen molar-refractivity contribution in [2.24, 2.45) is 22.2 Å². The van der Waals surface area contributed by atoms with Crippen LogP contribution in [0.1, 0.15) is 64.4 Å². The fourth-order valence-electron chi connectivity index (χ4n) is 6.92. The number of hydrogen-bond acceptors (Lipinski definition) is 2. The smallest absolute Gasteiger partial charge is 0.226 e. The van der Waals surface area contributed by atoms with Gasteiger partial charge in [0.15, 0.2) is 0 Å². The monoisotopic (exact) mass is 329 g/mol. The van der Waals surface area contributed by atoms with E-state index in [4.69, 9.17) is 0 Å². The molecule has 4 saturated carbocycles. The molecular weight excluding hydrogens is 298 g/mol. The van der Waals surface area contributed by atoms with E-state index in [2.05, 4.69) is 37.4 Å². The molecule has 0 aromatic carbocycles. The number of aromatic nitrogens is 2. The molecule has 0 saturated heterocycles. The molecule has 0 unspecified atom stereocenters. The number of carbonyl (C=O) groups excluding carboxylic acids is 1. The van der Waals surface area contributed by atoms with Crippen LogP contribution < -0.4 is 5.32 Å². The Labute approximate surface area is 145 Å². The Kier molecular flexibility index (Phi) is 3.59. The summed E-state index contributed by atoms with van der Waals surface area (Å²) < 4.78 is 1.97. The second-order valence-corrected chi connectivity index (χ2v) is 9.80. The van der Waals surface area contributed by atoms with Gasteiger partial charge in [0.2, 0.25) is 5.91 Å². The van der Waals surface area contributed by atoms with Gasteiger partial charge in [-0.15, -0.1) is 0 Å². The van der Waals surface area contributed by atoms with Gasteiger partial charge >= 0.3 is 0 Å². The molecule has 1 N–H and O–H groups in total. The van der Waals surface area contributed by atoms with Crippen molar-refractivity contribution in [2.45, 2.75) is 72.3 Å². The largest absolute Gasteiger partial charge is 0.356 e. The molecule has 2 atom stereocenters. The molecule has 4 bridgehead atoms. The molecule has 1 aromatic heterocycles. The number of hydrogen-bond donors (Lipinski definition) is 1. The van der Waals surface area contributed by atoms with E-state index < -0.39 is 0 Å². The van der Waals surface area contributed by atoms with Gasteiger partial charge in [-0.3, -0.25) is 9.48 Å². The van der Waals surface area contributed by atoms with Crippen molar-refractivity contribution in [1.82, 2.24) is 15.1 Å². The summed E-state index contributed by atoms with van der Waals surface area (Å²) in [6.45, 7) is 8.55. The lowest BCUT2D eigenvalue weighted by atomic mass is 9.40. The Hall–Kier alpha value is -1.32. The minimum Gasteiger partial charge on any atom is -0.356 e. The van der Waals surface area contributed by atoms with Crippen LogP contribution in [-0.2, 0) is 11.3 Å². The average Bonchev–Trinajstić information content (AvgIpc) is 2.85. The lowest BCUT2D eigenvalue weighted by molar-refractivity contribution is -0.170. The van der Waals surface area contributed by atoms with Crippen LogP contribution in [0, 0.1) is 29.1 Å². The quantitative estimate of drug-likeness (QED) is 0.837. The summed E-state index contributed by atoms with van der Waals surface area (Å²) in [7, 11) is 0. The van der Waals surface area contributed by atoms with Crippen molar-refractivity contribution in [3.8, 4) is 0 Å². The molecule has 4 fully saturated rings. The van der Waals surface area contributed by atoms with E-state index in [1.165, 1.54) is 24.8 Å². The Balaban J connectivity index is 1.36. The van der Waals surface area contributed by atoms with E-state index in [9.17, 15) is 4.79 Å². The Bertz CT molecular complexity index is 631. The van der Waals surface area contributed by atoms with Gasteiger partial charge in [-0.25, -0.2) is 0 Å². The summed E-state index contributed by atoms with van der Waals surface area (Å²) in [5.74, 6) is 1.11. The third kappa shape index (κ3) is 2.78. The highest BCUT2D eigenvalue weighted by atomic mass is 16.2. The second-order valence-electron chi connectivity index (χ2n) is 9.80. The minimum atomic E-state index is -0.0782. The summed E-state index contributed by atoms with van der Waals surface area (Å²) >= 11 is 0. The zero-order chi connectivity index (χ0) is 17.0. The zero-order valence-corrected chi connectivity index (χ0v) is 15.4. The summed E-state index contributed by atoms with van der Waals surface area (Å²) in [5.41, 5.74) is 1.91. The molecule has 0 radical (unpaired) electrons. The maximum absolute atomic E-state index is 13.1. The Morgan fingerprint density at radius 1 is 1.25 bits per heavy atom. The first kappa shape index (κ1) is 16.2. The third-order valence-corrected chi connectivity index (χ3v) is 6.72. The van der Waals surface area contributed by atoms with Crippen LogP contribution in [0.25, 0.3) is 0 Å². The SMILES string of the molecule is Cc1cnn(CCCNC(=O)C23CC4C[C@@](C)(C2)C[C@@](C)(C4)C3)c1. The molecule has 1 aromatic rings. The lowest BCUT2D eigenvalue weighted by Gasteiger charge is -2.64. The van der Waals surface area contributed by atoms with Crippen molar-refractivity contribution in [3.63, 3.8) is 0 Å². The van der Waals surface area contributed by atoms with Gasteiger partial charge in [0.25, 0.3) is 0 Å². The molecule has 132 valence electrons. The Morgan fingerprint density at radius 3 is 2.54 bits per heavy atom. The van der Waals surface area contributed by atoms with Gasteiger partial charge in [-0.05, 0) is 74.2 Å². The van der Waals surface area contributed by atoms with Crippen molar-refractivity contribution in [3.05, 3.63) is 18.0 Å². The molecule has 4 aliphatic rings. The summed E-state index contributed by atoms with van der Waals surface area (Å²) in [4.78, 5) is 13.1. The lowest BCUT2D eigenvalue weighted by Crippen LogP contribution is -2.59. The average molecular weight is 329 g/mol. The summed E-state index contributed by atoms with van der Waals surface area (Å²) in [6, 6.07) is 0. The number of nitrogens with one attached hydrogen (secondary N) is 1. The van der Waals surface area contributed by atoms with Crippen molar-refractivity contribution >= 4 is 5.91 Å². The maximum Gasteiger partial charge on any atom is 0.226 e. The van der Waals surface area contributed by atoms with Crippen LogP contribution in [0.2, 0.25) is 0 Å². The fourth-order valence-corrected chi connectivity index (χ4v) is 6.92. The standard InChI is InChI=1S/C20H31N3O/c1-15-10-22-23(11-15)6-4-5-21-17(24)20-9-16-7-18(2,13-20)12-19(3,8-16)14-20/h10-11,16H,4-9,12-14H2,1-3H3,(H,21,24)/t16?,18-,19-,20?/m1/s1. The van der Waals surface area contributed by atoms with Gasteiger partial charge in [0, 0.05) is 19.3 Å². The molecule has 0 aliphatic heterocycles. The van der Waals surface area contributed by atoms with Crippen molar-refractivity contribution < 1.29 is 4.79 Å². The third-order valence-electron chi connectivity index (χ3n) is 6.72. The van der Waals surface area contributed by atoms with E-state index in [1.54, 1.807) is 0 Å². The normalized spacial score (nSPS) is 40.0. The topological polar surface area (TPSA) is 46.9 Å². The molecule has 1 amide bonds. The minimum absolute atomic E-state index is 0.0782. The van der Waals surface area contributed by atoms with E-state index in [1.807, 2.05) is 10.9 Å². The van der Waals surface area contributed by atoms with Crippen molar-refractivity contribution in [2.75, 3.05) is 6.54 Å². The highest BCUT2D eigenvalue weighted by molar-refractivity contribution is 5.83. The molecule has 24 heavy (non-hydrogen) atoms. The first-order valence-corrected chi connectivity index (χ1v) is 9.57. The number of nitrogens with zero attached hydrogens (tertiary/aromatic N) is 2. The molecule has 5 rings (SSSR count). The molecule has 0 spiro atoms. The van der Waals surface area contributed by atoms with Gasteiger partial charge in [0.05, 0.1) is 11.6 Å². The van der Waals surface area contributed by atoms with Gasteiger partial charge in [-0.2, -0.15) is 5.10 Å². The van der Waals surface area contributed by atoms with Crippen LogP contribution in [0.3, 0.4) is 0 Å². The van der Waals surface area contributed by atoms with Crippen molar-refractivity contribution in [1.29, 1.82) is 0 Å². The summed E-state index contributed by atoms with van der Waals surface area (Å²) in [5, 5.41) is 7.58. The first-order chi connectivity index (χ1) is 11.3. The highest BCUT2D eigenvalue weighted by Crippen LogP contribution is 2.69. The molecule has 4 heteroatoms. The molecule has 1 heterocycles. The number of rotatable bonds is 5. The van der Waals surface area contributed by atoms with E-state index >= 15 is 0 Å². The van der Waals surface area contributed by atoms with Gasteiger partial charge in [0.1, 0.15) is 0 Å². The summed E-state index contributed by atoms with van der Waals surface area (Å²) in [6.07, 6.45) is 12.2. The molecule has 4 aliphatic carbocycles. The first-order valence-electron chi connectivity index (χ1n) is 9.57. The zero-order valence-electron chi connectivity index (χ0n) is 15.4. The van der Waals surface area contributed by atoms with E-state index in [-0.39, 0.29) is 5.41 Å². The van der Waals surface area contributed by atoms with Crippen LogP contribution >= 0.6 is 0 Å². The predicted molar refractivity (Wildman–Crippen MR) is 94.4 cm³/mol. The molecular formula is C20H31N3O. The van der Waals surface area contributed by atoms with Crippen LogP contribution in [0.4, 0.5) is 0 Å². The van der Waals surface area contributed by atoms with Crippen LogP contribution in [0.5, 0.6) is 0 Å². The number of amides is 1. The van der Waals surface area contributed by atoms with Gasteiger partial charge < -0.3 is 5.32 Å². The number of aryl methyl sites for hydroxylation is 2. The van der Waals surface area contributed by atoms with Gasteiger partial charge in [-0.1, -0.05) is 13.8 Å². The molecule has 4 nitrogen and oxygen atoms in total.